The second-order valence-corrected chi connectivity index (χ2v) is 27.6. The van der Waals surface area contributed by atoms with E-state index in [0.717, 1.165) is 64.6 Å². The van der Waals surface area contributed by atoms with E-state index < -0.39 is 0 Å². The van der Waals surface area contributed by atoms with E-state index in [9.17, 15) is 0 Å². The maximum atomic E-state index is 2.31. The molecule has 2 unspecified atom stereocenters. The SMILES string of the molecule is CC.CC.CC(C)(C)C.CC(C)C.CC1(C)CC1.CC1CC1.CC1CC1C.CC1CCC1.CCC.CCC(C)C.CCC(C)C.CCC(C)CC.CCC1CC1.CCCC.CCCC(C)C.CCCCC.CCCCCC. The lowest BCUT2D eigenvalue weighted by Crippen LogP contribution is -2.04. The summed E-state index contributed by atoms with van der Waals surface area (Å²) in [5, 5.41) is 0. The summed E-state index contributed by atoms with van der Waals surface area (Å²) in [6.45, 7) is 83.5. The molecule has 0 aromatic carbocycles. The van der Waals surface area contributed by atoms with Crippen molar-refractivity contribution in [2.45, 2.75) is 436 Å². The molecule has 0 aromatic rings. The molecular weight excluding hydrogens is 925 g/mol. The van der Waals surface area contributed by atoms with Gasteiger partial charge in [-0.1, -0.05) is 417 Å². The Balaban J connectivity index is -0.0000000586. The molecule has 486 valence electrons. The molecule has 77 heavy (non-hydrogen) atoms. The summed E-state index contributed by atoms with van der Waals surface area (Å²) in [7, 11) is 0. The molecule has 2 atom stereocenters. The van der Waals surface area contributed by atoms with Gasteiger partial charge in [0.1, 0.15) is 0 Å². The average molecular weight is 1100 g/mol. The Bertz CT molecular complexity index is 750. The Morgan fingerprint density at radius 1 is 0.403 bits per heavy atom. The van der Waals surface area contributed by atoms with Crippen LogP contribution in [0.5, 0.6) is 0 Å². The summed E-state index contributed by atoms with van der Waals surface area (Å²) in [5.41, 5.74) is 1.25. The summed E-state index contributed by atoms with van der Waals surface area (Å²) in [6.07, 6.45) is 37.7. The van der Waals surface area contributed by atoms with Crippen molar-refractivity contribution in [1.82, 2.24) is 0 Å². The summed E-state index contributed by atoms with van der Waals surface area (Å²) in [6, 6.07) is 0. The maximum absolute atomic E-state index is 2.31. The molecule has 5 rings (SSSR count). The van der Waals surface area contributed by atoms with E-state index >= 15 is 0 Å². The molecule has 5 saturated carbocycles. The molecule has 0 spiro atoms. The summed E-state index contributed by atoms with van der Waals surface area (Å²) < 4.78 is 0. The molecular formula is C77H178. The molecule has 0 aromatic heterocycles. The average Bonchev–Trinajstić information content (AvgIpc) is 4.17. The van der Waals surface area contributed by atoms with Gasteiger partial charge in [-0.2, -0.15) is 0 Å². The molecule has 0 aliphatic heterocycles. The van der Waals surface area contributed by atoms with Gasteiger partial charge in [0.2, 0.25) is 0 Å². The van der Waals surface area contributed by atoms with E-state index in [1.165, 1.54) is 173 Å². The van der Waals surface area contributed by atoms with Gasteiger partial charge in [-0.05, 0) is 89.3 Å². The fourth-order valence-electron chi connectivity index (χ4n) is 3.78. The monoisotopic (exact) mass is 1100 g/mol. The van der Waals surface area contributed by atoms with Gasteiger partial charge in [-0.15, -0.1) is 0 Å². The zero-order valence-electron chi connectivity index (χ0n) is 63.9. The van der Waals surface area contributed by atoms with Crippen LogP contribution in [0.4, 0.5) is 0 Å². The molecule has 0 amide bonds. The molecule has 0 heteroatoms. The van der Waals surface area contributed by atoms with Crippen LogP contribution in [-0.2, 0) is 0 Å². The number of rotatable bonds is 13. The Morgan fingerprint density at radius 2 is 0.636 bits per heavy atom. The van der Waals surface area contributed by atoms with E-state index in [2.05, 4.69) is 235 Å². The number of hydrogen-bond donors (Lipinski definition) is 0. The van der Waals surface area contributed by atoms with E-state index in [4.69, 9.17) is 0 Å². The molecule has 5 fully saturated rings. The minimum Gasteiger partial charge on any atom is -0.0683 e. The highest BCUT2D eigenvalue weighted by Crippen LogP contribution is 2.43. The maximum Gasteiger partial charge on any atom is -0.0354 e. The van der Waals surface area contributed by atoms with Crippen LogP contribution in [0.1, 0.15) is 436 Å². The molecule has 5 aliphatic rings. The third kappa shape index (κ3) is 236. The fraction of sp³-hybridized carbons (Fsp3) is 1.00. The Labute approximate surface area is 504 Å². The second kappa shape index (κ2) is 89.8. The van der Waals surface area contributed by atoms with Crippen LogP contribution >= 0.6 is 0 Å². The molecule has 0 nitrogen and oxygen atoms in total. The third-order valence-corrected chi connectivity index (χ3v) is 12.4. The van der Waals surface area contributed by atoms with Crippen molar-refractivity contribution in [2.24, 2.45) is 70.0 Å². The zero-order chi connectivity index (χ0) is 63.9. The first-order valence-electron chi connectivity index (χ1n) is 35.7. The minimum atomic E-state index is 0.500. The van der Waals surface area contributed by atoms with Gasteiger partial charge in [0, 0.05) is 0 Å². The first-order chi connectivity index (χ1) is 35.7. The third-order valence-electron chi connectivity index (χ3n) is 12.4. The van der Waals surface area contributed by atoms with Gasteiger partial charge < -0.3 is 0 Å². The lowest BCUT2D eigenvalue weighted by Gasteiger charge is -2.18. The van der Waals surface area contributed by atoms with Crippen LogP contribution in [0.25, 0.3) is 0 Å². The van der Waals surface area contributed by atoms with Gasteiger partial charge >= 0.3 is 0 Å². The lowest BCUT2D eigenvalue weighted by molar-refractivity contribution is 0.346. The van der Waals surface area contributed by atoms with Crippen molar-refractivity contribution in [1.29, 1.82) is 0 Å². The van der Waals surface area contributed by atoms with Crippen molar-refractivity contribution >= 4 is 0 Å². The van der Waals surface area contributed by atoms with E-state index in [1.807, 2.05) is 27.7 Å². The molecule has 0 bridgehead atoms. The highest BCUT2D eigenvalue weighted by atomic mass is 14.4. The van der Waals surface area contributed by atoms with Gasteiger partial charge in [0.05, 0.1) is 0 Å². The second-order valence-electron chi connectivity index (χ2n) is 27.6. The quantitative estimate of drug-likeness (QED) is 0.161. The lowest BCUT2D eigenvalue weighted by atomic mass is 9.88. The fourth-order valence-corrected chi connectivity index (χ4v) is 3.78. The smallest absolute Gasteiger partial charge is 0.0354 e. The van der Waals surface area contributed by atoms with Gasteiger partial charge in [0.25, 0.3) is 0 Å². The zero-order valence-corrected chi connectivity index (χ0v) is 63.9. The van der Waals surface area contributed by atoms with Crippen LogP contribution in [0.2, 0.25) is 0 Å². The van der Waals surface area contributed by atoms with Crippen molar-refractivity contribution in [2.75, 3.05) is 0 Å². The Morgan fingerprint density at radius 3 is 0.649 bits per heavy atom. The topological polar surface area (TPSA) is 0 Å². The first kappa shape index (κ1) is 105. The molecule has 5 aliphatic carbocycles. The summed E-state index contributed by atoms with van der Waals surface area (Å²) in [5.74, 6) is 9.82. The highest BCUT2D eigenvalue weighted by Gasteiger charge is 2.30. The van der Waals surface area contributed by atoms with Crippen LogP contribution in [0.15, 0.2) is 0 Å². The van der Waals surface area contributed by atoms with Crippen molar-refractivity contribution in [3.8, 4) is 0 Å². The number of hydrogen-bond acceptors (Lipinski definition) is 0. The molecule has 0 radical (unpaired) electrons. The van der Waals surface area contributed by atoms with Crippen LogP contribution in [0, 0.1) is 70.0 Å². The first-order valence-corrected chi connectivity index (χ1v) is 35.7. The molecule has 0 saturated heterocycles. The minimum absolute atomic E-state index is 0.500. The van der Waals surface area contributed by atoms with Gasteiger partial charge in [0.15, 0.2) is 0 Å². The summed E-state index contributed by atoms with van der Waals surface area (Å²) >= 11 is 0. The summed E-state index contributed by atoms with van der Waals surface area (Å²) in [4.78, 5) is 0. The van der Waals surface area contributed by atoms with Crippen molar-refractivity contribution < 1.29 is 0 Å². The predicted molar refractivity (Wildman–Crippen MR) is 380 cm³/mol. The standard InChI is InChI=1S/3C6H14.4C5H10.4C5H12.C4H8.2C4H10.C3H8.2C2H6/c1-4-5-6(2)3;1-4-6(3)5-2;1-3-5-6-4-2;1-5(2)3-4-5;1-4-3-5(4)2;1-5-3-2-4-5;1-2-5-3-4-5;1-5(2,3)4;2*1-4-5(2)3;1-3-5-4-2;1-4-2-3-4;1-4(2)3;1-3-4-2;1-3-2;2*1-2/h2*6H,4-5H2,1-3H3;3-6H2,1-2H3;3-4H2,1-2H3;4-5H,3H2,1-2H3;2*5H,2-4H2,1H3;1-4H3;2*5H,4H2,1-3H3;3-5H2,1-2H3;4H,2-3H2,1H3;4H,1-3H3;3-4H2,1-2H3;3H2,1-2H3;2*1-2H3. The molecule has 0 N–H and O–H groups in total. The predicted octanol–water partition coefficient (Wildman–Crippen LogP) is 31.3. The van der Waals surface area contributed by atoms with Crippen LogP contribution in [-0.4, -0.2) is 0 Å². The van der Waals surface area contributed by atoms with Gasteiger partial charge in [-0.3, -0.25) is 0 Å². The van der Waals surface area contributed by atoms with Gasteiger partial charge in [-0.25, -0.2) is 0 Å². The van der Waals surface area contributed by atoms with E-state index in [1.54, 1.807) is 0 Å². The Kier molecular flexibility index (Phi) is 123. The van der Waals surface area contributed by atoms with Crippen LogP contribution in [0.3, 0.4) is 0 Å². The number of unbranched alkanes of at least 4 members (excludes halogenated alkanes) is 6. The van der Waals surface area contributed by atoms with Crippen molar-refractivity contribution in [3.05, 3.63) is 0 Å². The molecule has 0 heterocycles. The van der Waals surface area contributed by atoms with E-state index in [0.29, 0.717) is 5.41 Å². The van der Waals surface area contributed by atoms with E-state index in [-0.39, 0.29) is 0 Å². The van der Waals surface area contributed by atoms with Crippen LogP contribution < -0.4 is 0 Å². The normalized spacial score (nSPS) is 15.8. The van der Waals surface area contributed by atoms with Crippen molar-refractivity contribution in [3.63, 3.8) is 0 Å². The Hall–Kier alpha value is 0. The highest BCUT2D eigenvalue weighted by molar-refractivity contribution is 4.82. The largest absolute Gasteiger partial charge is 0.0683 e.